The molecule has 4 heterocycles. The van der Waals surface area contributed by atoms with Crippen LogP contribution in [0.5, 0.6) is 0 Å². The van der Waals surface area contributed by atoms with Gasteiger partial charge in [0.25, 0.3) is 5.56 Å². The number of likely N-dealkylation sites (tertiary alicyclic amines) is 1. The number of nitrogens with zero attached hydrogens (tertiary/aromatic N) is 4. The highest BCUT2D eigenvalue weighted by molar-refractivity contribution is 5.76. The van der Waals surface area contributed by atoms with Crippen LogP contribution in [0, 0.1) is 19.8 Å². The van der Waals surface area contributed by atoms with Crippen LogP contribution >= 0.6 is 0 Å². The predicted octanol–water partition coefficient (Wildman–Crippen LogP) is 2.82. The van der Waals surface area contributed by atoms with Gasteiger partial charge in [-0.25, -0.2) is 0 Å². The van der Waals surface area contributed by atoms with Gasteiger partial charge in [-0.05, 0) is 51.2 Å². The number of rotatable bonds is 5. The van der Waals surface area contributed by atoms with Crippen LogP contribution < -0.4 is 5.56 Å². The van der Waals surface area contributed by atoms with Crippen LogP contribution in [0.25, 0.3) is 0 Å². The zero-order valence-electron chi connectivity index (χ0n) is 17.6. The zero-order chi connectivity index (χ0) is 20.7. The Morgan fingerprint density at radius 3 is 2.79 bits per heavy atom. The summed E-state index contributed by atoms with van der Waals surface area (Å²) in [4.78, 5) is 27.1. The number of piperidine rings is 1. The van der Waals surface area contributed by atoms with Gasteiger partial charge in [0, 0.05) is 56.0 Å². The Kier molecular flexibility index (Phi) is 5.19. The number of pyridine rings is 1. The molecule has 1 saturated heterocycles. The topological polar surface area (TPSA) is 60.1 Å². The van der Waals surface area contributed by atoms with Crippen molar-refractivity contribution in [1.82, 2.24) is 19.2 Å². The van der Waals surface area contributed by atoms with Gasteiger partial charge in [0.1, 0.15) is 0 Å². The van der Waals surface area contributed by atoms with Crippen LogP contribution in [-0.2, 0) is 24.3 Å². The smallest absolute Gasteiger partial charge is 0.250 e. The largest absolute Gasteiger partial charge is 0.342 e. The second kappa shape index (κ2) is 7.65. The summed E-state index contributed by atoms with van der Waals surface area (Å²) in [7, 11) is 0. The minimum atomic E-state index is 0.0760. The average molecular weight is 395 g/mol. The lowest BCUT2D eigenvalue weighted by atomic mass is 9.83. The summed E-state index contributed by atoms with van der Waals surface area (Å²) in [6, 6.07) is 5.50. The van der Waals surface area contributed by atoms with E-state index in [9.17, 15) is 9.59 Å². The molecule has 1 fully saturated rings. The molecule has 2 bridgehead atoms. The van der Waals surface area contributed by atoms with Crippen LogP contribution in [0.15, 0.2) is 35.1 Å². The van der Waals surface area contributed by atoms with Gasteiger partial charge in [-0.1, -0.05) is 18.2 Å². The van der Waals surface area contributed by atoms with E-state index in [0.717, 1.165) is 48.6 Å². The molecule has 2 aliphatic heterocycles. The van der Waals surface area contributed by atoms with Crippen molar-refractivity contribution in [3.8, 4) is 0 Å². The van der Waals surface area contributed by atoms with Crippen LogP contribution in [0.1, 0.15) is 48.3 Å². The van der Waals surface area contributed by atoms with Gasteiger partial charge < -0.3 is 9.47 Å². The summed E-state index contributed by atoms with van der Waals surface area (Å²) in [5.74, 6) is 0.804. The van der Waals surface area contributed by atoms with Crippen molar-refractivity contribution in [2.75, 3.05) is 13.1 Å². The molecule has 0 radical (unpaired) electrons. The number of amides is 1. The standard InChI is InChI=1S/C23H30N4O2/c1-15(2)10-20-16(3)24-27(17(20)4)9-8-22(28)25-12-18-11-19(14-25)21-6-5-7-23(29)26(21)13-18/h5-7,18-19H,1,8-14H2,2-4H3. The Hall–Kier alpha value is -2.63. The van der Waals surface area contributed by atoms with Crippen LogP contribution in [0.4, 0.5) is 0 Å². The van der Waals surface area contributed by atoms with Crippen LogP contribution in [0.2, 0.25) is 0 Å². The summed E-state index contributed by atoms with van der Waals surface area (Å²) < 4.78 is 3.87. The van der Waals surface area contributed by atoms with E-state index in [2.05, 4.69) is 18.6 Å². The number of hydrogen-bond donors (Lipinski definition) is 0. The fourth-order valence-electron chi connectivity index (χ4n) is 4.97. The third kappa shape index (κ3) is 3.80. The molecule has 154 valence electrons. The quantitative estimate of drug-likeness (QED) is 0.733. The van der Waals surface area contributed by atoms with Crippen molar-refractivity contribution in [2.24, 2.45) is 5.92 Å². The van der Waals surface area contributed by atoms with Crippen molar-refractivity contribution < 1.29 is 4.79 Å². The minimum Gasteiger partial charge on any atom is -0.342 e. The summed E-state index contributed by atoms with van der Waals surface area (Å²) >= 11 is 0. The number of hydrogen-bond acceptors (Lipinski definition) is 3. The summed E-state index contributed by atoms with van der Waals surface area (Å²) in [5.41, 5.74) is 5.64. The van der Waals surface area contributed by atoms with E-state index in [1.165, 1.54) is 5.56 Å². The second-order valence-corrected chi connectivity index (χ2v) is 8.75. The Labute approximate surface area is 171 Å². The maximum absolute atomic E-state index is 13.0. The summed E-state index contributed by atoms with van der Waals surface area (Å²) in [6.07, 6.45) is 2.35. The van der Waals surface area contributed by atoms with Gasteiger partial charge in [-0.2, -0.15) is 5.10 Å². The molecule has 0 saturated carbocycles. The molecule has 1 amide bonds. The highest BCUT2D eigenvalue weighted by atomic mass is 16.2. The first kappa shape index (κ1) is 19.7. The summed E-state index contributed by atoms with van der Waals surface area (Å²) in [6.45, 7) is 12.9. The van der Waals surface area contributed by atoms with E-state index in [1.807, 2.05) is 40.1 Å². The highest BCUT2D eigenvalue weighted by Gasteiger charge is 2.36. The van der Waals surface area contributed by atoms with Gasteiger partial charge in [-0.15, -0.1) is 0 Å². The SMILES string of the molecule is C=C(C)Cc1c(C)nn(CCC(=O)N2CC3CC(C2)c2cccc(=O)n2C3)c1C. The Balaban J connectivity index is 1.43. The predicted molar refractivity (Wildman–Crippen MR) is 113 cm³/mol. The number of aromatic nitrogens is 3. The second-order valence-electron chi connectivity index (χ2n) is 8.75. The van der Waals surface area contributed by atoms with Crippen molar-refractivity contribution in [2.45, 2.75) is 59.0 Å². The molecule has 0 N–H and O–H groups in total. The molecule has 4 rings (SSSR count). The first-order valence-electron chi connectivity index (χ1n) is 10.5. The number of allylic oxidation sites excluding steroid dienone is 1. The fourth-order valence-corrected chi connectivity index (χ4v) is 4.97. The van der Waals surface area contributed by atoms with Gasteiger partial charge in [-0.3, -0.25) is 14.3 Å². The van der Waals surface area contributed by atoms with Gasteiger partial charge >= 0.3 is 0 Å². The van der Waals surface area contributed by atoms with Gasteiger partial charge in [0.15, 0.2) is 0 Å². The van der Waals surface area contributed by atoms with Crippen molar-refractivity contribution in [1.29, 1.82) is 0 Å². The van der Waals surface area contributed by atoms with E-state index in [1.54, 1.807) is 6.07 Å². The zero-order valence-corrected chi connectivity index (χ0v) is 17.6. The Bertz CT molecular complexity index is 1020. The number of fused-ring (bicyclic) bond motifs is 4. The first-order valence-corrected chi connectivity index (χ1v) is 10.5. The molecule has 0 spiro atoms. The van der Waals surface area contributed by atoms with Crippen LogP contribution in [-0.4, -0.2) is 38.2 Å². The molecule has 2 unspecified atom stereocenters. The molecule has 2 aromatic rings. The normalized spacial score (nSPS) is 20.4. The molecule has 0 aromatic carbocycles. The lowest BCUT2D eigenvalue weighted by molar-refractivity contribution is -0.134. The molecule has 6 heteroatoms. The molecule has 29 heavy (non-hydrogen) atoms. The van der Waals surface area contributed by atoms with Crippen molar-refractivity contribution >= 4 is 5.91 Å². The van der Waals surface area contributed by atoms with E-state index in [0.29, 0.717) is 25.4 Å². The van der Waals surface area contributed by atoms with E-state index >= 15 is 0 Å². The Morgan fingerprint density at radius 1 is 1.24 bits per heavy atom. The van der Waals surface area contributed by atoms with Crippen molar-refractivity contribution in [3.63, 3.8) is 0 Å². The summed E-state index contributed by atoms with van der Waals surface area (Å²) in [5, 5.41) is 4.64. The third-order valence-electron chi connectivity index (χ3n) is 6.38. The lowest BCUT2D eigenvalue weighted by Crippen LogP contribution is -2.49. The maximum Gasteiger partial charge on any atom is 0.250 e. The molecular formula is C23H30N4O2. The van der Waals surface area contributed by atoms with Crippen LogP contribution in [0.3, 0.4) is 0 Å². The number of carbonyl (C=O) groups excluding carboxylic acids is 1. The third-order valence-corrected chi connectivity index (χ3v) is 6.38. The highest BCUT2D eigenvalue weighted by Crippen LogP contribution is 2.35. The molecule has 6 nitrogen and oxygen atoms in total. The maximum atomic E-state index is 13.0. The lowest BCUT2D eigenvalue weighted by Gasteiger charge is -2.42. The molecule has 2 aromatic heterocycles. The molecule has 0 aliphatic carbocycles. The van der Waals surface area contributed by atoms with Gasteiger partial charge in [0.05, 0.1) is 5.69 Å². The molecular weight excluding hydrogens is 364 g/mol. The minimum absolute atomic E-state index is 0.0760. The molecule has 2 aliphatic rings. The monoisotopic (exact) mass is 394 g/mol. The molecule has 2 atom stereocenters. The number of carbonyl (C=O) groups is 1. The van der Waals surface area contributed by atoms with E-state index in [4.69, 9.17) is 0 Å². The van der Waals surface area contributed by atoms with E-state index in [-0.39, 0.29) is 17.4 Å². The van der Waals surface area contributed by atoms with Gasteiger partial charge in [0.2, 0.25) is 5.91 Å². The number of aryl methyl sites for hydroxylation is 2. The average Bonchev–Trinajstić information content (AvgIpc) is 2.94. The van der Waals surface area contributed by atoms with E-state index < -0.39 is 0 Å². The van der Waals surface area contributed by atoms with Crippen molar-refractivity contribution in [3.05, 3.63) is 63.4 Å². The fraction of sp³-hybridized carbons (Fsp3) is 0.522. The Morgan fingerprint density at radius 2 is 2.03 bits per heavy atom. The first-order chi connectivity index (χ1) is 13.8.